The van der Waals surface area contributed by atoms with Gasteiger partial charge in [-0.25, -0.2) is 0 Å². The standard InChI is InChI=1S/C11H20N2O5/c1-2-9(14)17-8(7-13)6-11(16)18-10(15)4-3-5-12/h8H,2-7,12-13H2,1H3/t8-/m1/s1. The molecule has 0 unspecified atom stereocenters. The summed E-state index contributed by atoms with van der Waals surface area (Å²) in [4.78, 5) is 33.5. The molecule has 1 atom stereocenters. The highest BCUT2D eigenvalue weighted by atomic mass is 16.6. The summed E-state index contributed by atoms with van der Waals surface area (Å²) in [5.74, 6) is -1.84. The molecule has 18 heavy (non-hydrogen) atoms. The number of esters is 3. The van der Waals surface area contributed by atoms with Gasteiger partial charge in [-0.15, -0.1) is 0 Å². The fourth-order valence-electron chi connectivity index (χ4n) is 1.09. The molecule has 0 rings (SSSR count). The third-order valence-electron chi connectivity index (χ3n) is 2.06. The van der Waals surface area contributed by atoms with Crippen molar-refractivity contribution in [1.29, 1.82) is 0 Å². The van der Waals surface area contributed by atoms with Crippen LogP contribution in [0.3, 0.4) is 0 Å². The highest BCUT2D eigenvalue weighted by molar-refractivity contribution is 5.85. The van der Waals surface area contributed by atoms with E-state index in [1.165, 1.54) is 0 Å². The lowest BCUT2D eigenvalue weighted by Crippen LogP contribution is -2.30. The Morgan fingerprint density at radius 3 is 2.28 bits per heavy atom. The monoisotopic (exact) mass is 260 g/mol. The average Bonchev–Trinajstić information content (AvgIpc) is 2.34. The number of hydrogen-bond acceptors (Lipinski definition) is 7. The summed E-state index contributed by atoms with van der Waals surface area (Å²) in [5, 5.41) is 0. The number of carbonyl (C=O) groups excluding carboxylic acids is 3. The normalized spacial score (nSPS) is 11.7. The first-order valence-corrected chi connectivity index (χ1v) is 5.86. The quantitative estimate of drug-likeness (QED) is 0.444. The second-order valence-electron chi connectivity index (χ2n) is 3.64. The van der Waals surface area contributed by atoms with E-state index in [0.29, 0.717) is 13.0 Å². The molecule has 0 aromatic carbocycles. The van der Waals surface area contributed by atoms with E-state index < -0.39 is 24.0 Å². The van der Waals surface area contributed by atoms with E-state index in [2.05, 4.69) is 4.74 Å². The van der Waals surface area contributed by atoms with Crippen LogP contribution in [0, 0.1) is 0 Å². The van der Waals surface area contributed by atoms with Crippen molar-refractivity contribution in [3.63, 3.8) is 0 Å². The lowest BCUT2D eigenvalue weighted by Gasteiger charge is -2.14. The number of nitrogens with two attached hydrogens (primary N) is 2. The summed E-state index contributed by atoms with van der Waals surface area (Å²) in [6.07, 6.45) is -0.244. The van der Waals surface area contributed by atoms with E-state index in [9.17, 15) is 14.4 Å². The molecular weight excluding hydrogens is 240 g/mol. The Labute approximate surface area is 106 Å². The molecule has 0 aliphatic heterocycles. The van der Waals surface area contributed by atoms with E-state index >= 15 is 0 Å². The topological polar surface area (TPSA) is 122 Å². The van der Waals surface area contributed by atoms with Crippen LogP contribution in [0.2, 0.25) is 0 Å². The molecule has 0 fully saturated rings. The van der Waals surface area contributed by atoms with Gasteiger partial charge in [-0.1, -0.05) is 6.92 Å². The van der Waals surface area contributed by atoms with Crippen molar-refractivity contribution >= 4 is 17.9 Å². The van der Waals surface area contributed by atoms with Crippen LogP contribution in [-0.4, -0.2) is 37.1 Å². The molecule has 7 nitrogen and oxygen atoms in total. The SMILES string of the molecule is CCC(=O)O[C@@H](CN)CC(=O)OC(=O)CCCN. The van der Waals surface area contributed by atoms with Gasteiger partial charge in [0.15, 0.2) is 0 Å². The van der Waals surface area contributed by atoms with Crippen molar-refractivity contribution in [2.24, 2.45) is 11.5 Å². The summed E-state index contributed by atoms with van der Waals surface area (Å²) < 4.78 is 9.41. The zero-order chi connectivity index (χ0) is 14.0. The van der Waals surface area contributed by atoms with Crippen LogP contribution >= 0.6 is 0 Å². The highest BCUT2D eigenvalue weighted by Gasteiger charge is 2.19. The molecule has 0 radical (unpaired) electrons. The molecule has 0 aromatic rings. The smallest absolute Gasteiger partial charge is 0.317 e. The van der Waals surface area contributed by atoms with Crippen LogP contribution in [0.4, 0.5) is 0 Å². The molecule has 0 spiro atoms. The van der Waals surface area contributed by atoms with Crippen molar-refractivity contribution in [3.8, 4) is 0 Å². The Hall–Kier alpha value is -1.47. The van der Waals surface area contributed by atoms with Gasteiger partial charge in [-0.2, -0.15) is 0 Å². The minimum atomic E-state index is -0.757. The molecule has 0 bridgehead atoms. The predicted octanol–water partition coefficient (Wildman–Crippen LogP) is -0.534. The molecule has 0 aliphatic rings. The average molecular weight is 260 g/mol. The van der Waals surface area contributed by atoms with Crippen LogP contribution in [0.5, 0.6) is 0 Å². The largest absolute Gasteiger partial charge is 0.460 e. The molecule has 0 saturated carbocycles. The first-order chi connectivity index (χ1) is 8.53. The van der Waals surface area contributed by atoms with Crippen LogP contribution in [-0.2, 0) is 23.9 Å². The van der Waals surface area contributed by atoms with Crippen LogP contribution in [0.1, 0.15) is 32.6 Å². The molecule has 0 amide bonds. The summed E-state index contributed by atoms with van der Waals surface area (Å²) in [5.41, 5.74) is 10.6. The van der Waals surface area contributed by atoms with Gasteiger partial charge < -0.3 is 20.9 Å². The Morgan fingerprint density at radius 1 is 1.11 bits per heavy atom. The van der Waals surface area contributed by atoms with E-state index in [4.69, 9.17) is 16.2 Å². The van der Waals surface area contributed by atoms with Gasteiger partial charge in [0, 0.05) is 19.4 Å². The number of carbonyl (C=O) groups is 3. The maximum atomic E-state index is 11.3. The minimum absolute atomic E-state index is 0.00215. The van der Waals surface area contributed by atoms with Crippen LogP contribution in [0.25, 0.3) is 0 Å². The molecule has 0 aromatic heterocycles. The molecule has 4 N–H and O–H groups in total. The molecule has 0 saturated heterocycles. The van der Waals surface area contributed by atoms with E-state index in [1.54, 1.807) is 6.92 Å². The second-order valence-corrected chi connectivity index (χ2v) is 3.64. The first kappa shape index (κ1) is 16.5. The zero-order valence-corrected chi connectivity index (χ0v) is 10.5. The number of rotatable bonds is 8. The van der Waals surface area contributed by atoms with Crippen molar-refractivity contribution < 1.29 is 23.9 Å². The van der Waals surface area contributed by atoms with Crippen molar-refractivity contribution in [2.45, 2.75) is 38.7 Å². The highest BCUT2D eigenvalue weighted by Crippen LogP contribution is 2.02. The van der Waals surface area contributed by atoms with Gasteiger partial charge in [-0.3, -0.25) is 14.4 Å². The lowest BCUT2D eigenvalue weighted by atomic mass is 10.2. The zero-order valence-electron chi connectivity index (χ0n) is 10.5. The first-order valence-electron chi connectivity index (χ1n) is 5.86. The van der Waals surface area contributed by atoms with Gasteiger partial charge in [-0.05, 0) is 13.0 Å². The molecule has 104 valence electrons. The maximum Gasteiger partial charge on any atom is 0.317 e. The molecule has 0 aliphatic carbocycles. The fourth-order valence-corrected chi connectivity index (χ4v) is 1.09. The molecule has 0 heterocycles. The summed E-state index contributed by atoms with van der Waals surface area (Å²) in [7, 11) is 0. The van der Waals surface area contributed by atoms with Crippen molar-refractivity contribution in [1.82, 2.24) is 0 Å². The van der Waals surface area contributed by atoms with Gasteiger partial charge >= 0.3 is 17.9 Å². The van der Waals surface area contributed by atoms with Crippen LogP contribution < -0.4 is 11.5 Å². The fraction of sp³-hybridized carbons (Fsp3) is 0.727. The van der Waals surface area contributed by atoms with Gasteiger partial charge in [0.1, 0.15) is 6.10 Å². The number of ether oxygens (including phenoxy) is 2. The Kier molecular flexibility index (Phi) is 8.77. The molecular formula is C11H20N2O5. The Morgan fingerprint density at radius 2 is 1.78 bits per heavy atom. The maximum absolute atomic E-state index is 11.3. The van der Waals surface area contributed by atoms with Crippen molar-refractivity contribution in [3.05, 3.63) is 0 Å². The third-order valence-corrected chi connectivity index (χ3v) is 2.06. The third kappa shape index (κ3) is 7.75. The second kappa shape index (κ2) is 9.55. The summed E-state index contributed by atoms with van der Waals surface area (Å²) in [6.45, 7) is 1.98. The van der Waals surface area contributed by atoms with E-state index in [-0.39, 0.29) is 25.8 Å². The predicted molar refractivity (Wildman–Crippen MR) is 63.2 cm³/mol. The minimum Gasteiger partial charge on any atom is -0.460 e. The Balaban J connectivity index is 4.03. The summed E-state index contributed by atoms with van der Waals surface area (Å²) >= 11 is 0. The van der Waals surface area contributed by atoms with Crippen molar-refractivity contribution in [2.75, 3.05) is 13.1 Å². The lowest BCUT2D eigenvalue weighted by molar-refractivity contribution is -0.162. The molecule has 7 heteroatoms. The van der Waals surface area contributed by atoms with E-state index in [0.717, 1.165) is 0 Å². The summed E-state index contributed by atoms with van der Waals surface area (Å²) in [6, 6.07) is 0. The Bertz CT molecular complexity index is 293. The van der Waals surface area contributed by atoms with Gasteiger partial charge in [0.2, 0.25) is 0 Å². The van der Waals surface area contributed by atoms with Gasteiger partial charge in [0.05, 0.1) is 6.42 Å². The van der Waals surface area contributed by atoms with E-state index in [1.807, 2.05) is 0 Å². The van der Waals surface area contributed by atoms with Gasteiger partial charge in [0.25, 0.3) is 0 Å². The van der Waals surface area contributed by atoms with Crippen LogP contribution in [0.15, 0.2) is 0 Å². The number of hydrogen-bond donors (Lipinski definition) is 2.